The van der Waals surface area contributed by atoms with Gasteiger partial charge in [0.15, 0.2) is 17.5 Å². The highest BCUT2D eigenvalue weighted by Gasteiger charge is 2.46. The quantitative estimate of drug-likeness (QED) is 0.161. The number of nitrogens with zero attached hydrogens (tertiary/aromatic N) is 3. The Labute approximate surface area is 359 Å². The van der Waals surface area contributed by atoms with E-state index in [1.165, 1.54) is 33.4 Å². The molecule has 0 aliphatic heterocycles. The van der Waals surface area contributed by atoms with Gasteiger partial charge in [0, 0.05) is 27.5 Å². The summed E-state index contributed by atoms with van der Waals surface area (Å²) < 4.78 is 6.49. The molecule has 0 N–H and O–H groups in total. The Morgan fingerprint density at radius 2 is 0.758 bits per heavy atom. The highest BCUT2D eigenvalue weighted by atomic mass is 16.3. The lowest BCUT2D eigenvalue weighted by molar-refractivity contribution is 0.669. The molecule has 0 spiro atoms. The zero-order valence-corrected chi connectivity index (χ0v) is 33.6. The van der Waals surface area contributed by atoms with Crippen LogP contribution >= 0.6 is 0 Å². The second-order valence-electron chi connectivity index (χ2n) is 15.9. The van der Waals surface area contributed by atoms with Gasteiger partial charge in [-0.2, -0.15) is 0 Å². The molecule has 0 fully saturated rings. The van der Waals surface area contributed by atoms with Crippen molar-refractivity contribution in [2.24, 2.45) is 0 Å². The summed E-state index contributed by atoms with van der Waals surface area (Å²) in [5.41, 5.74) is 15.9. The number of furan rings is 1. The van der Waals surface area contributed by atoms with Gasteiger partial charge in [-0.05, 0) is 86.0 Å². The lowest BCUT2D eigenvalue weighted by atomic mass is 9.67. The molecule has 11 aromatic rings. The smallest absolute Gasteiger partial charge is 0.164 e. The Balaban J connectivity index is 1.09. The van der Waals surface area contributed by atoms with Crippen LogP contribution in [0.3, 0.4) is 0 Å². The summed E-state index contributed by atoms with van der Waals surface area (Å²) >= 11 is 0. The molecule has 2 heterocycles. The van der Waals surface area contributed by atoms with Crippen LogP contribution in [0.15, 0.2) is 229 Å². The lowest BCUT2D eigenvalue weighted by Gasteiger charge is -2.34. The minimum Gasteiger partial charge on any atom is -0.456 e. The van der Waals surface area contributed by atoms with Gasteiger partial charge in [0.05, 0.1) is 5.41 Å². The summed E-state index contributed by atoms with van der Waals surface area (Å²) in [6.07, 6.45) is 0. The third-order valence-corrected chi connectivity index (χ3v) is 12.4. The Morgan fingerprint density at radius 3 is 1.39 bits per heavy atom. The van der Waals surface area contributed by atoms with Gasteiger partial charge in [-0.25, -0.2) is 15.0 Å². The molecule has 0 saturated heterocycles. The number of rotatable bonds is 7. The van der Waals surface area contributed by atoms with Crippen molar-refractivity contribution in [1.29, 1.82) is 0 Å². The highest BCUT2D eigenvalue weighted by molar-refractivity contribution is 6.06. The van der Waals surface area contributed by atoms with Crippen LogP contribution in [0.25, 0.3) is 89.5 Å². The first-order chi connectivity index (χ1) is 30.7. The van der Waals surface area contributed by atoms with E-state index in [1.54, 1.807) is 0 Å². The number of aromatic nitrogens is 3. The maximum Gasteiger partial charge on any atom is 0.164 e. The fourth-order valence-electron chi connectivity index (χ4n) is 9.60. The summed E-state index contributed by atoms with van der Waals surface area (Å²) in [5, 5.41) is 2.23. The second-order valence-corrected chi connectivity index (χ2v) is 15.9. The molecule has 12 rings (SSSR count). The van der Waals surface area contributed by atoms with E-state index in [1.807, 2.05) is 72.8 Å². The standard InChI is InChI=1S/C58H37N3O/c1-5-17-39(18-6-1)55-59-56(40-19-7-2-8-20-40)61-57(60-55)41-31-29-38(30-32-41)49-37-52-50(36-48(49)42-33-34-47-46-26-14-16-28-53(46)62-54(47)35-42)45-25-13-15-27-51(45)58(52,43-21-9-3-10-22-43)44-23-11-4-12-24-44/h1-37H. The Morgan fingerprint density at radius 1 is 0.290 bits per heavy atom. The van der Waals surface area contributed by atoms with Crippen molar-refractivity contribution >= 4 is 21.9 Å². The molecule has 4 nitrogen and oxygen atoms in total. The van der Waals surface area contributed by atoms with E-state index >= 15 is 0 Å². The molecule has 290 valence electrons. The summed E-state index contributed by atoms with van der Waals surface area (Å²) in [4.78, 5) is 15.0. The van der Waals surface area contributed by atoms with Crippen molar-refractivity contribution in [3.63, 3.8) is 0 Å². The normalized spacial score (nSPS) is 12.6. The van der Waals surface area contributed by atoms with Gasteiger partial charge in [-0.15, -0.1) is 0 Å². The average Bonchev–Trinajstić information content (AvgIpc) is 3.87. The van der Waals surface area contributed by atoms with Crippen LogP contribution in [0.2, 0.25) is 0 Å². The monoisotopic (exact) mass is 791 g/mol. The van der Waals surface area contributed by atoms with Gasteiger partial charge in [0.2, 0.25) is 0 Å². The minimum absolute atomic E-state index is 0.545. The summed E-state index contributed by atoms with van der Waals surface area (Å²) in [6, 6.07) is 79.6. The molecule has 0 radical (unpaired) electrons. The fraction of sp³-hybridized carbons (Fsp3) is 0.0172. The predicted molar refractivity (Wildman–Crippen MR) is 252 cm³/mol. The van der Waals surface area contributed by atoms with E-state index in [0.29, 0.717) is 17.5 Å². The first-order valence-electron chi connectivity index (χ1n) is 21.0. The topological polar surface area (TPSA) is 51.8 Å². The number of hydrogen-bond acceptors (Lipinski definition) is 4. The summed E-state index contributed by atoms with van der Waals surface area (Å²) in [5.74, 6) is 1.90. The maximum atomic E-state index is 6.49. The maximum absolute atomic E-state index is 6.49. The predicted octanol–water partition coefficient (Wildman–Crippen LogP) is 14.5. The summed E-state index contributed by atoms with van der Waals surface area (Å²) in [6.45, 7) is 0. The molecule has 0 saturated carbocycles. The van der Waals surface area contributed by atoms with E-state index in [4.69, 9.17) is 19.4 Å². The van der Waals surface area contributed by atoms with E-state index in [2.05, 4.69) is 152 Å². The SMILES string of the molecule is c1ccc(-c2nc(-c3ccccc3)nc(-c3ccc(-c4cc5c(cc4-c4ccc6c(c4)oc4ccccc46)-c4ccccc4C5(c4ccccc4)c4ccccc4)cc3)n2)cc1. The van der Waals surface area contributed by atoms with Gasteiger partial charge in [-0.1, -0.05) is 194 Å². The minimum atomic E-state index is -0.545. The van der Waals surface area contributed by atoms with Crippen molar-refractivity contribution in [3.8, 4) is 67.5 Å². The number of benzene rings is 9. The summed E-state index contributed by atoms with van der Waals surface area (Å²) in [7, 11) is 0. The molecule has 1 aliphatic carbocycles. The van der Waals surface area contributed by atoms with Crippen LogP contribution in [0.4, 0.5) is 0 Å². The Kier molecular flexibility index (Phi) is 8.36. The van der Waals surface area contributed by atoms with Crippen molar-refractivity contribution < 1.29 is 4.42 Å². The van der Waals surface area contributed by atoms with Crippen molar-refractivity contribution in [2.75, 3.05) is 0 Å². The third-order valence-electron chi connectivity index (χ3n) is 12.4. The second kappa shape index (κ2) is 14.5. The average molecular weight is 792 g/mol. The van der Waals surface area contributed by atoms with E-state index in [-0.39, 0.29) is 0 Å². The van der Waals surface area contributed by atoms with Gasteiger partial charge >= 0.3 is 0 Å². The van der Waals surface area contributed by atoms with E-state index in [0.717, 1.165) is 60.9 Å². The fourth-order valence-corrected chi connectivity index (χ4v) is 9.60. The van der Waals surface area contributed by atoms with Gasteiger partial charge in [-0.3, -0.25) is 0 Å². The van der Waals surface area contributed by atoms with Crippen LogP contribution in [-0.4, -0.2) is 15.0 Å². The van der Waals surface area contributed by atoms with E-state index < -0.39 is 5.41 Å². The van der Waals surface area contributed by atoms with Crippen LogP contribution in [0.1, 0.15) is 22.3 Å². The lowest BCUT2D eigenvalue weighted by Crippen LogP contribution is -2.28. The third kappa shape index (κ3) is 5.72. The molecular weight excluding hydrogens is 755 g/mol. The molecule has 0 bridgehead atoms. The number of para-hydroxylation sites is 1. The Hall–Kier alpha value is -8.21. The molecular formula is C58H37N3O. The zero-order chi connectivity index (χ0) is 41.0. The van der Waals surface area contributed by atoms with Gasteiger partial charge in [0.1, 0.15) is 11.2 Å². The van der Waals surface area contributed by atoms with E-state index in [9.17, 15) is 0 Å². The molecule has 0 amide bonds. The van der Waals surface area contributed by atoms with Crippen LogP contribution in [0.5, 0.6) is 0 Å². The van der Waals surface area contributed by atoms with Crippen molar-refractivity contribution in [1.82, 2.24) is 15.0 Å². The molecule has 62 heavy (non-hydrogen) atoms. The molecule has 0 unspecified atom stereocenters. The van der Waals surface area contributed by atoms with Crippen LogP contribution < -0.4 is 0 Å². The number of hydrogen-bond donors (Lipinski definition) is 0. The van der Waals surface area contributed by atoms with Crippen molar-refractivity contribution in [3.05, 3.63) is 247 Å². The van der Waals surface area contributed by atoms with Gasteiger partial charge in [0.25, 0.3) is 0 Å². The highest BCUT2D eigenvalue weighted by Crippen LogP contribution is 2.58. The molecule has 4 heteroatoms. The Bertz CT molecular complexity index is 3340. The van der Waals surface area contributed by atoms with Gasteiger partial charge < -0.3 is 4.42 Å². The first kappa shape index (κ1) is 35.7. The van der Waals surface area contributed by atoms with Crippen molar-refractivity contribution in [2.45, 2.75) is 5.41 Å². The molecule has 0 atom stereocenters. The molecule has 1 aliphatic rings. The van der Waals surface area contributed by atoms with Crippen LogP contribution in [0, 0.1) is 0 Å². The molecule has 2 aromatic heterocycles. The number of fused-ring (bicyclic) bond motifs is 6. The first-order valence-corrected chi connectivity index (χ1v) is 21.0. The molecule has 9 aromatic carbocycles. The van der Waals surface area contributed by atoms with Crippen LogP contribution in [-0.2, 0) is 5.41 Å². The zero-order valence-electron chi connectivity index (χ0n) is 33.6. The largest absolute Gasteiger partial charge is 0.456 e.